The first kappa shape index (κ1) is 19.0. The van der Waals surface area contributed by atoms with Gasteiger partial charge < -0.3 is 18.9 Å². The standard InChI is InChI=1S/C19H19BrO5/c1-22-12-25-17-11-18(23-2)16(20)10-15(17)9-6-13-4-7-14(8-5-13)19(21)24-3/h4-11H,12H2,1-3H3. The molecule has 0 saturated carbocycles. The predicted molar refractivity (Wildman–Crippen MR) is 99.9 cm³/mol. The molecule has 0 aliphatic carbocycles. The molecule has 0 bridgehead atoms. The molecule has 0 atom stereocenters. The highest BCUT2D eigenvalue weighted by Crippen LogP contribution is 2.34. The maximum absolute atomic E-state index is 11.5. The first-order valence-corrected chi connectivity index (χ1v) is 8.24. The molecule has 0 amide bonds. The lowest BCUT2D eigenvalue weighted by Crippen LogP contribution is -2.01. The van der Waals surface area contributed by atoms with Crippen molar-refractivity contribution in [3.05, 3.63) is 57.6 Å². The molecule has 132 valence electrons. The third-order valence-corrected chi connectivity index (χ3v) is 4.02. The first-order chi connectivity index (χ1) is 12.1. The Hall–Kier alpha value is -2.31. The molecule has 0 saturated heterocycles. The Morgan fingerprint density at radius 3 is 2.36 bits per heavy atom. The van der Waals surface area contributed by atoms with Crippen molar-refractivity contribution in [1.82, 2.24) is 0 Å². The molecule has 5 nitrogen and oxygen atoms in total. The van der Waals surface area contributed by atoms with Crippen LogP contribution in [0.1, 0.15) is 21.5 Å². The van der Waals surface area contributed by atoms with Gasteiger partial charge in [0, 0.05) is 18.7 Å². The van der Waals surface area contributed by atoms with Crippen LogP contribution in [0.3, 0.4) is 0 Å². The molecule has 0 fully saturated rings. The summed E-state index contributed by atoms with van der Waals surface area (Å²) < 4.78 is 21.4. The first-order valence-electron chi connectivity index (χ1n) is 7.44. The third-order valence-electron chi connectivity index (χ3n) is 3.40. The van der Waals surface area contributed by atoms with Crippen LogP contribution < -0.4 is 9.47 Å². The van der Waals surface area contributed by atoms with E-state index in [9.17, 15) is 4.79 Å². The number of esters is 1. The number of methoxy groups -OCH3 is 3. The molecular weight excluding hydrogens is 388 g/mol. The van der Waals surface area contributed by atoms with Crippen LogP contribution >= 0.6 is 15.9 Å². The van der Waals surface area contributed by atoms with E-state index in [-0.39, 0.29) is 12.8 Å². The van der Waals surface area contributed by atoms with E-state index < -0.39 is 0 Å². The minimum atomic E-state index is -0.357. The lowest BCUT2D eigenvalue weighted by atomic mass is 10.1. The molecule has 0 aliphatic heterocycles. The Morgan fingerprint density at radius 2 is 1.76 bits per heavy atom. The van der Waals surface area contributed by atoms with Crippen molar-refractivity contribution in [2.24, 2.45) is 0 Å². The van der Waals surface area contributed by atoms with Crippen LogP contribution in [0.15, 0.2) is 40.9 Å². The molecule has 2 rings (SSSR count). The third kappa shape index (κ3) is 5.08. The normalized spacial score (nSPS) is 10.7. The van der Waals surface area contributed by atoms with Gasteiger partial charge in [-0.15, -0.1) is 0 Å². The van der Waals surface area contributed by atoms with Gasteiger partial charge in [-0.3, -0.25) is 0 Å². The van der Waals surface area contributed by atoms with E-state index in [1.165, 1.54) is 7.11 Å². The number of ether oxygens (including phenoxy) is 4. The molecular formula is C19H19BrO5. The maximum atomic E-state index is 11.5. The Morgan fingerprint density at radius 1 is 1.04 bits per heavy atom. The summed E-state index contributed by atoms with van der Waals surface area (Å²) in [5, 5.41) is 0. The molecule has 0 aromatic heterocycles. The van der Waals surface area contributed by atoms with Crippen molar-refractivity contribution in [3.63, 3.8) is 0 Å². The smallest absolute Gasteiger partial charge is 0.337 e. The van der Waals surface area contributed by atoms with Crippen LogP contribution in [-0.2, 0) is 9.47 Å². The van der Waals surface area contributed by atoms with Crippen molar-refractivity contribution >= 4 is 34.1 Å². The summed E-state index contributed by atoms with van der Waals surface area (Å²) in [7, 11) is 4.52. The van der Waals surface area contributed by atoms with Crippen LogP contribution in [0.25, 0.3) is 12.2 Å². The lowest BCUT2D eigenvalue weighted by molar-refractivity contribution is 0.0508. The van der Waals surface area contributed by atoms with E-state index in [1.807, 2.05) is 30.4 Å². The SMILES string of the molecule is COCOc1cc(OC)c(Br)cc1C=Cc1ccc(C(=O)OC)cc1. The number of hydrogen-bond acceptors (Lipinski definition) is 5. The predicted octanol–water partition coefficient (Wildman–Crippen LogP) is 4.40. The van der Waals surface area contributed by atoms with Crippen molar-refractivity contribution in [1.29, 1.82) is 0 Å². The van der Waals surface area contributed by atoms with E-state index in [0.29, 0.717) is 17.1 Å². The minimum absolute atomic E-state index is 0.138. The summed E-state index contributed by atoms with van der Waals surface area (Å²) in [6.45, 7) is 0.138. The highest BCUT2D eigenvalue weighted by atomic mass is 79.9. The van der Waals surface area contributed by atoms with Gasteiger partial charge in [0.25, 0.3) is 0 Å². The number of benzene rings is 2. The highest BCUT2D eigenvalue weighted by Gasteiger charge is 2.09. The van der Waals surface area contributed by atoms with E-state index in [4.69, 9.17) is 18.9 Å². The average Bonchev–Trinajstić information content (AvgIpc) is 2.65. The van der Waals surface area contributed by atoms with Gasteiger partial charge in [0.1, 0.15) is 11.5 Å². The second-order valence-corrected chi connectivity index (χ2v) is 5.88. The van der Waals surface area contributed by atoms with Crippen LogP contribution in [0.5, 0.6) is 11.5 Å². The number of rotatable bonds is 7. The van der Waals surface area contributed by atoms with Gasteiger partial charge in [0.05, 0.1) is 24.3 Å². The summed E-state index contributed by atoms with van der Waals surface area (Å²) in [5.74, 6) is 0.958. The van der Waals surface area contributed by atoms with E-state index in [1.54, 1.807) is 32.4 Å². The number of hydrogen-bond donors (Lipinski definition) is 0. The summed E-state index contributed by atoms with van der Waals surface area (Å²) >= 11 is 3.47. The molecule has 0 radical (unpaired) electrons. The molecule has 0 N–H and O–H groups in total. The number of halogens is 1. The van der Waals surface area contributed by atoms with Crippen LogP contribution in [0, 0.1) is 0 Å². The van der Waals surface area contributed by atoms with E-state index in [0.717, 1.165) is 15.6 Å². The topological polar surface area (TPSA) is 54.0 Å². The minimum Gasteiger partial charge on any atom is -0.495 e. The number of carbonyl (C=O) groups is 1. The van der Waals surface area contributed by atoms with Gasteiger partial charge in [-0.05, 0) is 39.7 Å². The Kier molecular flexibility index (Phi) is 7.03. The van der Waals surface area contributed by atoms with Gasteiger partial charge in [0.2, 0.25) is 0 Å². The van der Waals surface area contributed by atoms with Crippen LogP contribution in [0.4, 0.5) is 0 Å². The molecule has 25 heavy (non-hydrogen) atoms. The molecule has 2 aromatic rings. The second kappa shape index (κ2) is 9.25. The fourth-order valence-corrected chi connectivity index (χ4v) is 2.64. The van der Waals surface area contributed by atoms with Crippen LogP contribution in [0.2, 0.25) is 0 Å². The Labute approximate surface area is 155 Å². The summed E-state index contributed by atoms with van der Waals surface area (Å²) in [6, 6.07) is 10.8. The average molecular weight is 407 g/mol. The molecule has 0 aliphatic rings. The summed E-state index contributed by atoms with van der Waals surface area (Å²) in [6.07, 6.45) is 3.84. The zero-order valence-corrected chi connectivity index (χ0v) is 15.8. The zero-order chi connectivity index (χ0) is 18.2. The van der Waals surface area contributed by atoms with Crippen molar-refractivity contribution < 1.29 is 23.7 Å². The van der Waals surface area contributed by atoms with E-state index >= 15 is 0 Å². The Balaban J connectivity index is 2.26. The second-order valence-electron chi connectivity index (χ2n) is 5.02. The van der Waals surface area contributed by atoms with Crippen molar-refractivity contribution in [2.75, 3.05) is 28.1 Å². The van der Waals surface area contributed by atoms with Crippen LogP contribution in [-0.4, -0.2) is 34.1 Å². The fourth-order valence-electron chi connectivity index (χ4n) is 2.12. The summed E-state index contributed by atoms with van der Waals surface area (Å²) in [4.78, 5) is 11.5. The highest BCUT2D eigenvalue weighted by molar-refractivity contribution is 9.10. The quantitative estimate of drug-likeness (QED) is 0.387. The van der Waals surface area contributed by atoms with Gasteiger partial charge in [-0.2, -0.15) is 0 Å². The number of carbonyl (C=O) groups excluding carboxylic acids is 1. The van der Waals surface area contributed by atoms with E-state index in [2.05, 4.69) is 15.9 Å². The summed E-state index contributed by atoms with van der Waals surface area (Å²) in [5.41, 5.74) is 2.31. The fraction of sp³-hybridized carbons (Fsp3) is 0.211. The molecule has 0 unspecified atom stereocenters. The molecule has 6 heteroatoms. The van der Waals surface area contributed by atoms with Crippen molar-refractivity contribution in [3.8, 4) is 11.5 Å². The lowest BCUT2D eigenvalue weighted by Gasteiger charge is -2.12. The largest absolute Gasteiger partial charge is 0.495 e. The maximum Gasteiger partial charge on any atom is 0.337 e. The molecule has 2 aromatic carbocycles. The van der Waals surface area contributed by atoms with Gasteiger partial charge in [0.15, 0.2) is 6.79 Å². The Bertz CT molecular complexity index is 753. The van der Waals surface area contributed by atoms with Gasteiger partial charge in [-0.1, -0.05) is 24.3 Å². The monoisotopic (exact) mass is 406 g/mol. The molecule has 0 spiro atoms. The van der Waals surface area contributed by atoms with Gasteiger partial charge >= 0.3 is 5.97 Å². The molecule has 0 heterocycles. The van der Waals surface area contributed by atoms with Gasteiger partial charge in [-0.25, -0.2) is 4.79 Å². The van der Waals surface area contributed by atoms with Crippen molar-refractivity contribution in [2.45, 2.75) is 0 Å². The zero-order valence-electron chi connectivity index (χ0n) is 14.2.